The molecule has 0 atom stereocenters. The summed E-state index contributed by atoms with van der Waals surface area (Å²) >= 11 is 0. The van der Waals surface area contributed by atoms with E-state index in [1.54, 1.807) is 49.6 Å². The maximum absolute atomic E-state index is 11.5. The van der Waals surface area contributed by atoms with Crippen molar-refractivity contribution in [1.82, 2.24) is 9.97 Å². The summed E-state index contributed by atoms with van der Waals surface area (Å²) in [6.45, 7) is 1.52. The molecule has 1 heterocycles. The van der Waals surface area contributed by atoms with Gasteiger partial charge in [-0.2, -0.15) is 4.98 Å². The average molecular weight is 367 g/mol. The van der Waals surface area contributed by atoms with E-state index in [1.165, 1.54) is 13.0 Å². The van der Waals surface area contributed by atoms with Gasteiger partial charge >= 0.3 is 5.69 Å². The van der Waals surface area contributed by atoms with Crippen LogP contribution in [0.1, 0.15) is 5.69 Å². The van der Waals surface area contributed by atoms with Gasteiger partial charge in [0, 0.05) is 5.69 Å². The second-order valence-corrected chi connectivity index (χ2v) is 5.58. The number of anilines is 4. The third kappa shape index (κ3) is 4.03. The molecule has 0 saturated heterocycles. The van der Waals surface area contributed by atoms with Gasteiger partial charge in [-0.3, -0.25) is 10.1 Å². The number of methoxy groups -OCH3 is 1. The summed E-state index contributed by atoms with van der Waals surface area (Å²) in [5, 5.41) is 27.2. The molecular weight excluding hydrogens is 350 g/mol. The molecule has 0 bridgehead atoms. The molecule has 0 fully saturated rings. The Hall–Kier alpha value is -3.88. The fourth-order valence-electron chi connectivity index (χ4n) is 2.44. The smallest absolute Gasteiger partial charge is 0.332 e. The lowest BCUT2D eigenvalue weighted by atomic mass is 10.3. The quantitative estimate of drug-likeness (QED) is 0.341. The molecule has 27 heavy (non-hydrogen) atoms. The lowest BCUT2D eigenvalue weighted by molar-refractivity contribution is -0.385. The zero-order chi connectivity index (χ0) is 19.4. The number of aromatic hydroxyl groups is 1. The largest absolute Gasteiger partial charge is 0.506 e. The zero-order valence-corrected chi connectivity index (χ0v) is 14.6. The molecule has 3 N–H and O–H groups in total. The predicted octanol–water partition coefficient (Wildman–Crippen LogP) is 3.89. The molecule has 0 aliphatic heterocycles. The number of aryl methyl sites for hydroxylation is 1. The third-order valence-electron chi connectivity index (χ3n) is 3.74. The average Bonchev–Trinajstić information content (AvgIpc) is 2.63. The first kappa shape index (κ1) is 17.9. The Labute approximate surface area is 154 Å². The highest BCUT2D eigenvalue weighted by atomic mass is 16.6. The summed E-state index contributed by atoms with van der Waals surface area (Å²) in [6, 6.07) is 13.5. The van der Waals surface area contributed by atoms with Gasteiger partial charge in [0.1, 0.15) is 17.2 Å². The number of phenols is 1. The summed E-state index contributed by atoms with van der Waals surface area (Å²) < 4.78 is 5.10. The number of phenolic OH excluding ortho intramolecular Hbond substituents is 1. The first-order chi connectivity index (χ1) is 13.0. The molecule has 0 saturated carbocycles. The van der Waals surface area contributed by atoms with Crippen molar-refractivity contribution < 1.29 is 14.8 Å². The second-order valence-electron chi connectivity index (χ2n) is 5.58. The van der Waals surface area contributed by atoms with E-state index in [1.807, 2.05) is 0 Å². The lowest BCUT2D eigenvalue weighted by Crippen LogP contribution is -2.07. The molecule has 3 aromatic rings. The normalized spacial score (nSPS) is 10.3. The molecule has 0 spiro atoms. The second kappa shape index (κ2) is 7.56. The molecule has 0 aliphatic rings. The Morgan fingerprint density at radius 2 is 1.78 bits per heavy atom. The minimum Gasteiger partial charge on any atom is -0.506 e. The number of hydrogen-bond acceptors (Lipinski definition) is 8. The van der Waals surface area contributed by atoms with E-state index in [0.29, 0.717) is 17.1 Å². The van der Waals surface area contributed by atoms with E-state index < -0.39 is 4.92 Å². The number of hydrogen-bond donors (Lipinski definition) is 3. The van der Waals surface area contributed by atoms with Crippen molar-refractivity contribution in [1.29, 1.82) is 0 Å². The molecule has 9 heteroatoms. The van der Waals surface area contributed by atoms with Crippen molar-refractivity contribution in [3.05, 3.63) is 64.3 Å². The van der Waals surface area contributed by atoms with Crippen LogP contribution in [-0.2, 0) is 0 Å². The van der Waals surface area contributed by atoms with E-state index >= 15 is 0 Å². The van der Waals surface area contributed by atoms with Gasteiger partial charge in [-0.25, -0.2) is 4.98 Å². The van der Waals surface area contributed by atoms with Crippen LogP contribution in [0.3, 0.4) is 0 Å². The van der Waals surface area contributed by atoms with Crippen molar-refractivity contribution in [2.75, 3.05) is 17.7 Å². The number of aromatic nitrogens is 2. The van der Waals surface area contributed by atoms with E-state index in [2.05, 4.69) is 20.6 Å². The fraction of sp³-hybridized carbons (Fsp3) is 0.111. The molecule has 0 radical (unpaired) electrons. The molecule has 0 aliphatic carbocycles. The van der Waals surface area contributed by atoms with Crippen LogP contribution >= 0.6 is 0 Å². The van der Waals surface area contributed by atoms with E-state index in [-0.39, 0.29) is 28.9 Å². The summed E-state index contributed by atoms with van der Waals surface area (Å²) in [6.07, 6.45) is 0. The van der Waals surface area contributed by atoms with Crippen molar-refractivity contribution in [2.24, 2.45) is 0 Å². The van der Waals surface area contributed by atoms with Gasteiger partial charge in [-0.15, -0.1) is 0 Å². The summed E-state index contributed by atoms with van der Waals surface area (Å²) in [5.41, 5.74) is 0.948. The SMILES string of the molecule is COc1ccc(Nc2nc(Nc3ccccc3O)nc(C)c2[N+](=O)[O-])cc1. The monoisotopic (exact) mass is 367 g/mol. The molecule has 0 amide bonds. The summed E-state index contributed by atoms with van der Waals surface area (Å²) in [7, 11) is 1.55. The highest BCUT2D eigenvalue weighted by Gasteiger charge is 2.22. The Balaban J connectivity index is 1.98. The van der Waals surface area contributed by atoms with Crippen LogP contribution in [0.15, 0.2) is 48.5 Å². The molecule has 2 aromatic carbocycles. The summed E-state index contributed by atoms with van der Waals surface area (Å²) in [5.74, 6) is 0.837. The fourth-order valence-corrected chi connectivity index (χ4v) is 2.44. The third-order valence-corrected chi connectivity index (χ3v) is 3.74. The molecule has 3 rings (SSSR count). The molecular formula is C18H17N5O4. The van der Waals surface area contributed by atoms with Crippen molar-refractivity contribution in [2.45, 2.75) is 6.92 Å². The van der Waals surface area contributed by atoms with Crippen LogP contribution in [-0.4, -0.2) is 27.1 Å². The van der Waals surface area contributed by atoms with Crippen LogP contribution < -0.4 is 15.4 Å². The highest BCUT2D eigenvalue weighted by Crippen LogP contribution is 2.32. The molecule has 1 aromatic heterocycles. The molecule has 138 valence electrons. The standard InChI is InChI=1S/C18H17N5O4/c1-11-16(23(25)26)17(20-12-7-9-13(27-2)10-8-12)22-18(19-11)21-14-5-3-4-6-15(14)24/h3-10,24H,1-2H3,(H2,19,20,21,22). The Kier molecular flexibility index (Phi) is 5.02. The van der Waals surface area contributed by atoms with Crippen LogP contribution in [0.5, 0.6) is 11.5 Å². The predicted molar refractivity (Wildman–Crippen MR) is 101 cm³/mol. The maximum atomic E-state index is 11.5. The number of benzene rings is 2. The van der Waals surface area contributed by atoms with Crippen LogP contribution in [0.25, 0.3) is 0 Å². The first-order valence-electron chi connectivity index (χ1n) is 7.97. The van der Waals surface area contributed by atoms with E-state index in [0.717, 1.165) is 0 Å². The van der Waals surface area contributed by atoms with Crippen LogP contribution in [0, 0.1) is 17.0 Å². The number of nitro groups is 1. The van der Waals surface area contributed by atoms with Crippen molar-refractivity contribution >= 4 is 28.8 Å². The van der Waals surface area contributed by atoms with Gasteiger partial charge in [0.2, 0.25) is 11.8 Å². The summed E-state index contributed by atoms with van der Waals surface area (Å²) in [4.78, 5) is 19.3. The van der Waals surface area contributed by atoms with Crippen LogP contribution in [0.4, 0.5) is 28.8 Å². The first-order valence-corrected chi connectivity index (χ1v) is 7.97. The van der Waals surface area contributed by atoms with E-state index in [4.69, 9.17) is 4.74 Å². The highest BCUT2D eigenvalue weighted by molar-refractivity contribution is 5.70. The van der Waals surface area contributed by atoms with Gasteiger partial charge < -0.3 is 20.5 Å². The molecule has 9 nitrogen and oxygen atoms in total. The Morgan fingerprint density at radius 3 is 2.41 bits per heavy atom. The molecule has 0 unspecified atom stereocenters. The zero-order valence-electron chi connectivity index (χ0n) is 14.6. The van der Waals surface area contributed by atoms with Gasteiger partial charge in [0.05, 0.1) is 17.7 Å². The van der Waals surface area contributed by atoms with Gasteiger partial charge in [-0.05, 0) is 43.3 Å². The Morgan fingerprint density at radius 1 is 1.07 bits per heavy atom. The van der Waals surface area contributed by atoms with Crippen molar-refractivity contribution in [3.63, 3.8) is 0 Å². The van der Waals surface area contributed by atoms with Gasteiger partial charge in [0.15, 0.2) is 0 Å². The number of ether oxygens (including phenoxy) is 1. The Bertz CT molecular complexity index is 976. The lowest BCUT2D eigenvalue weighted by Gasteiger charge is -2.12. The van der Waals surface area contributed by atoms with Gasteiger partial charge in [-0.1, -0.05) is 12.1 Å². The van der Waals surface area contributed by atoms with Crippen LogP contribution in [0.2, 0.25) is 0 Å². The number of nitrogens with zero attached hydrogens (tertiary/aromatic N) is 3. The minimum absolute atomic E-state index is 0.0155. The minimum atomic E-state index is -0.537. The van der Waals surface area contributed by atoms with Gasteiger partial charge in [0.25, 0.3) is 0 Å². The van der Waals surface area contributed by atoms with Crippen molar-refractivity contribution in [3.8, 4) is 11.5 Å². The van der Waals surface area contributed by atoms with E-state index in [9.17, 15) is 15.2 Å². The topological polar surface area (TPSA) is 122 Å². The maximum Gasteiger partial charge on any atom is 0.332 e. The number of rotatable bonds is 6. The number of para-hydroxylation sites is 2. The number of nitrogens with one attached hydrogen (secondary N) is 2.